The predicted molar refractivity (Wildman–Crippen MR) is 61.6 cm³/mol. The zero-order valence-electron chi connectivity index (χ0n) is 8.60. The van der Waals surface area contributed by atoms with E-state index >= 15 is 0 Å². The van der Waals surface area contributed by atoms with Crippen molar-refractivity contribution >= 4 is 17.6 Å². The van der Waals surface area contributed by atoms with Gasteiger partial charge in [0.05, 0.1) is 18.1 Å². The van der Waals surface area contributed by atoms with Gasteiger partial charge in [0.1, 0.15) is 5.82 Å². The van der Waals surface area contributed by atoms with E-state index < -0.39 is 0 Å². The molecule has 1 rings (SSSR count). The molecule has 0 amide bonds. The fourth-order valence-electron chi connectivity index (χ4n) is 0.993. The standard InChI is InChI=1S/C9H16N4S/c1-13(3-4-14-2)9-7-11-8(5-10)6-12-9/h6-7H,3-5,10H2,1-2H3. The predicted octanol–water partition coefficient (Wildman–Crippen LogP) is 0.734. The second-order valence-electron chi connectivity index (χ2n) is 2.98. The highest BCUT2D eigenvalue weighted by molar-refractivity contribution is 7.98. The van der Waals surface area contributed by atoms with Gasteiger partial charge < -0.3 is 10.6 Å². The Labute approximate surface area is 88.9 Å². The number of hydrogen-bond donors (Lipinski definition) is 1. The van der Waals surface area contributed by atoms with Crippen LogP contribution in [0.25, 0.3) is 0 Å². The minimum Gasteiger partial charge on any atom is -0.358 e. The zero-order chi connectivity index (χ0) is 10.4. The first-order valence-electron chi connectivity index (χ1n) is 4.49. The van der Waals surface area contributed by atoms with Crippen molar-refractivity contribution in [2.45, 2.75) is 6.54 Å². The van der Waals surface area contributed by atoms with E-state index in [-0.39, 0.29) is 0 Å². The van der Waals surface area contributed by atoms with Gasteiger partial charge in [0.15, 0.2) is 0 Å². The van der Waals surface area contributed by atoms with Gasteiger partial charge in [0, 0.05) is 25.9 Å². The van der Waals surface area contributed by atoms with Crippen LogP contribution >= 0.6 is 11.8 Å². The van der Waals surface area contributed by atoms with Crippen molar-refractivity contribution in [2.75, 3.05) is 30.5 Å². The lowest BCUT2D eigenvalue weighted by Crippen LogP contribution is -2.21. The minimum atomic E-state index is 0.446. The second kappa shape index (κ2) is 5.82. The molecule has 0 saturated heterocycles. The van der Waals surface area contributed by atoms with E-state index in [2.05, 4.69) is 21.1 Å². The SMILES string of the molecule is CSCCN(C)c1cnc(CN)cn1. The highest BCUT2D eigenvalue weighted by Crippen LogP contribution is 2.07. The van der Waals surface area contributed by atoms with Crippen LogP contribution in [0.2, 0.25) is 0 Å². The Morgan fingerprint density at radius 3 is 2.71 bits per heavy atom. The summed E-state index contributed by atoms with van der Waals surface area (Å²) in [7, 11) is 2.02. The van der Waals surface area contributed by atoms with E-state index in [0.717, 1.165) is 23.8 Å². The number of nitrogens with two attached hydrogens (primary N) is 1. The van der Waals surface area contributed by atoms with Crippen molar-refractivity contribution in [2.24, 2.45) is 5.73 Å². The van der Waals surface area contributed by atoms with Crippen LogP contribution in [0, 0.1) is 0 Å². The van der Waals surface area contributed by atoms with Crippen LogP contribution in [0.5, 0.6) is 0 Å². The van der Waals surface area contributed by atoms with Gasteiger partial charge in [0.25, 0.3) is 0 Å². The van der Waals surface area contributed by atoms with Crippen molar-refractivity contribution in [3.8, 4) is 0 Å². The van der Waals surface area contributed by atoms with Crippen molar-refractivity contribution in [3.05, 3.63) is 18.1 Å². The molecule has 0 aromatic carbocycles. The summed E-state index contributed by atoms with van der Waals surface area (Å²) in [5.41, 5.74) is 6.26. The lowest BCUT2D eigenvalue weighted by molar-refractivity contribution is 0.905. The number of thioether (sulfide) groups is 1. The molecule has 1 aromatic rings. The molecular weight excluding hydrogens is 196 g/mol. The summed E-state index contributed by atoms with van der Waals surface area (Å²) in [6.07, 6.45) is 5.59. The van der Waals surface area contributed by atoms with Crippen molar-refractivity contribution < 1.29 is 0 Å². The molecule has 4 nitrogen and oxygen atoms in total. The molecule has 0 aliphatic rings. The summed E-state index contributed by atoms with van der Waals surface area (Å²) < 4.78 is 0. The lowest BCUT2D eigenvalue weighted by atomic mass is 10.4. The summed E-state index contributed by atoms with van der Waals surface area (Å²) in [5.74, 6) is 1.99. The van der Waals surface area contributed by atoms with Gasteiger partial charge in [-0.3, -0.25) is 4.98 Å². The molecule has 0 bridgehead atoms. The van der Waals surface area contributed by atoms with Gasteiger partial charge in [-0.15, -0.1) is 0 Å². The second-order valence-corrected chi connectivity index (χ2v) is 3.97. The van der Waals surface area contributed by atoms with Crippen LogP contribution in [0.4, 0.5) is 5.82 Å². The summed E-state index contributed by atoms with van der Waals surface area (Å²) in [6.45, 7) is 1.43. The van der Waals surface area contributed by atoms with E-state index in [1.165, 1.54) is 0 Å². The van der Waals surface area contributed by atoms with E-state index in [4.69, 9.17) is 5.73 Å². The monoisotopic (exact) mass is 212 g/mol. The van der Waals surface area contributed by atoms with Crippen LogP contribution in [0.15, 0.2) is 12.4 Å². The Balaban J connectivity index is 2.57. The maximum atomic E-state index is 5.44. The topological polar surface area (TPSA) is 55.0 Å². The van der Waals surface area contributed by atoms with Crippen LogP contribution in [-0.2, 0) is 6.54 Å². The van der Waals surface area contributed by atoms with Gasteiger partial charge in [-0.05, 0) is 6.26 Å². The normalized spacial score (nSPS) is 10.2. The average Bonchev–Trinajstić information content (AvgIpc) is 2.26. The molecule has 0 fully saturated rings. The molecule has 78 valence electrons. The first-order chi connectivity index (χ1) is 6.77. The molecule has 2 N–H and O–H groups in total. The zero-order valence-corrected chi connectivity index (χ0v) is 9.42. The van der Waals surface area contributed by atoms with Crippen LogP contribution in [0.1, 0.15) is 5.69 Å². The Hall–Kier alpha value is -0.810. The number of nitrogens with zero attached hydrogens (tertiary/aromatic N) is 3. The Morgan fingerprint density at radius 2 is 2.21 bits per heavy atom. The van der Waals surface area contributed by atoms with E-state index in [0.29, 0.717) is 6.54 Å². The summed E-state index contributed by atoms with van der Waals surface area (Å²) in [4.78, 5) is 10.6. The molecule has 1 heterocycles. The molecule has 0 aliphatic carbocycles. The number of hydrogen-bond acceptors (Lipinski definition) is 5. The maximum Gasteiger partial charge on any atom is 0.146 e. The molecule has 0 radical (unpaired) electrons. The van der Waals surface area contributed by atoms with Crippen molar-refractivity contribution in [1.29, 1.82) is 0 Å². The van der Waals surface area contributed by atoms with E-state index in [1.54, 1.807) is 12.4 Å². The molecule has 1 aromatic heterocycles. The third-order valence-electron chi connectivity index (χ3n) is 1.92. The lowest BCUT2D eigenvalue weighted by Gasteiger charge is -2.16. The number of rotatable bonds is 5. The number of aromatic nitrogens is 2. The molecule has 0 atom stereocenters. The van der Waals surface area contributed by atoms with Gasteiger partial charge in [0.2, 0.25) is 0 Å². The smallest absolute Gasteiger partial charge is 0.146 e. The fraction of sp³-hybridized carbons (Fsp3) is 0.556. The van der Waals surface area contributed by atoms with Crippen LogP contribution < -0.4 is 10.6 Å². The van der Waals surface area contributed by atoms with Gasteiger partial charge >= 0.3 is 0 Å². The highest BCUT2D eigenvalue weighted by atomic mass is 32.2. The molecular formula is C9H16N4S. The highest BCUT2D eigenvalue weighted by Gasteiger charge is 2.01. The van der Waals surface area contributed by atoms with Crippen molar-refractivity contribution in [1.82, 2.24) is 9.97 Å². The Morgan fingerprint density at radius 1 is 1.43 bits per heavy atom. The third kappa shape index (κ3) is 3.16. The van der Waals surface area contributed by atoms with Crippen molar-refractivity contribution in [3.63, 3.8) is 0 Å². The molecule has 0 spiro atoms. The molecule has 5 heteroatoms. The van der Waals surface area contributed by atoms with E-state index in [9.17, 15) is 0 Å². The molecule has 0 aliphatic heterocycles. The average molecular weight is 212 g/mol. The first kappa shape index (κ1) is 11.3. The summed E-state index contributed by atoms with van der Waals surface area (Å²) in [5, 5.41) is 0. The van der Waals surface area contributed by atoms with Gasteiger partial charge in [-0.25, -0.2) is 4.98 Å². The molecule has 0 unspecified atom stereocenters. The third-order valence-corrected chi connectivity index (χ3v) is 2.51. The van der Waals surface area contributed by atoms with Crippen LogP contribution in [0.3, 0.4) is 0 Å². The largest absolute Gasteiger partial charge is 0.358 e. The summed E-state index contributed by atoms with van der Waals surface area (Å²) in [6, 6.07) is 0. The van der Waals surface area contributed by atoms with Gasteiger partial charge in [-0.2, -0.15) is 11.8 Å². The summed E-state index contributed by atoms with van der Waals surface area (Å²) >= 11 is 1.82. The number of anilines is 1. The quantitative estimate of drug-likeness (QED) is 0.780. The van der Waals surface area contributed by atoms with E-state index in [1.807, 2.05) is 18.8 Å². The molecule has 0 saturated carbocycles. The van der Waals surface area contributed by atoms with Gasteiger partial charge in [-0.1, -0.05) is 0 Å². The minimum absolute atomic E-state index is 0.446. The first-order valence-corrected chi connectivity index (χ1v) is 5.88. The van der Waals surface area contributed by atoms with Crippen LogP contribution in [-0.4, -0.2) is 35.6 Å². The Bertz CT molecular complexity index is 262. The Kier molecular flexibility index (Phi) is 4.69. The fourth-order valence-corrected chi connectivity index (χ4v) is 1.45. The molecule has 14 heavy (non-hydrogen) atoms. The maximum absolute atomic E-state index is 5.44.